The highest BCUT2D eigenvalue weighted by atomic mass is 19.1. The molecule has 0 fully saturated rings. The van der Waals surface area contributed by atoms with Crippen molar-refractivity contribution >= 4 is 28.3 Å². The molecule has 2 N–H and O–H groups in total. The molecule has 0 saturated carbocycles. The molecule has 0 amide bonds. The number of aromatic nitrogens is 4. The number of carbonyl (C=O) groups is 1. The number of halogens is 1. The van der Waals surface area contributed by atoms with Crippen molar-refractivity contribution in [2.45, 2.75) is 6.42 Å². The number of nitrogens with zero attached hydrogens (tertiary/aromatic N) is 3. The molecule has 3 aromatic rings. The van der Waals surface area contributed by atoms with Crippen LogP contribution in [-0.4, -0.2) is 33.1 Å². The van der Waals surface area contributed by atoms with Crippen molar-refractivity contribution in [2.24, 2.45) is 5.92 Å². The van der Waals surface area contributed by atoms with Crippen LogP contribution in [0.25, 0.3) is 10.9 Å². The summed E-state index contributed by atoms with van der Waals surface area (Å²) >= 11 is 0. The molecule has 0 radical (unpaired) electrons. The van der Waals surface area contributed by atoms with Gasteiger partial charge in [0.05, 0.1) is 12.6 Å². The van der Waals surface area contributed by atoms with E-state index in [0.717, 1.165) is 5.39 Å². The van der Waals surface area contributed by atoms with E-state index >= 15 is 0 Å². The molecule has 2 aromatic heterocycles. The SMILES string of the molecule is COc1cc(Nc2nc(C(=O)C3C=CC(F)=CC3)nc3ccccc23)[nH]n1. The number of allylic oxidation sites excluding steroid dienone is 4. The van der Waals surface area contributed by atoms with Gasteiger partial charge in [0.1, 0.15) is 17.5 Å². The standard InChI is InChI=1S/C19H16FN5O2/c1-27-16-10-15(24-25-16)22-18-13-4-2-3-5-14(13)21-19(23-18)17(26)11-6-8-12(20)9-7-11/h2-6,8-11H,7H2,1H3,(H2,21,22,23,24,25). The lowest BCUT2D eigenvalue weighted by atomic mass is 9.95. The van der Waals surface area contributed by atoms with Gasteiger partial charge in [-0.2, -0.15) is 0 Å². The highest BCUT2D eigenvalue weighted by molar-refractivity contribution is 6.00. The van der Waals surface area contributed by atoms with Crippen LogP contribution < -0.4 is 10.1 Å². The second-order valence-electron chi connectivity index (χ2n) is 6.02. The summed E-state index contributed by atoms with van der Waals surface area (Å²) in [7, 11) is 1.52. The highest BCUT2D eigenvalue weighted by Gasteiger charge is 2.23. The van der Waals surface area contributed by atoms with Gasteiger partial charge < -0.3 is 10.1 Å². The van der Waals surface area contributed by atoms with Gasteiger partial charge in [0, 0.05) is 17.4 Å². The molecule has 0 spiro atoms. The van der Waals surface area contributed by atoms with E-state index in [1.807, 2.05) is 24.3 Å². The average molecular weight is 365 g/mol. The molecule has 136 valence electrons. The lowest BCUT2D eigenvalue weighted by molar-refractivity contribution is 0.0935. The number of carbonyl (C=O) groups excluding carboxylic acids is 1. The predicted molar refractivity (Wildman–Crippen MR) is 98.7 cm³/mol. The third kappa shape index (κ3) is 3.41. The fourth-order valence-corrected chi connectivity index (χ4v) is 2.84. The van der Waals surface area contributed by atoms with Crippen LogP contribution in [0.5, 0.6) is 5.88 Å². The maximum atomic E-state index is 13.2. The van der Waals surface area contributed by atoms with Crippen LogP contribution in [-0.2, 0) is 0 Å². The van der Waals surface area contributed by atoms with Gasteiger partial charge in [-0.05, 0) is 30.7 Å². The third-order valence-corrected chi connectivity index (χ3v) is 4.23. The summed E-state index contributed by atoms with van der Waals surface area (Å²) in [5.74, 6) is 0.459. The molecule has 2 heterocycles. The minimum absolute atomic E-state index is 0.0769. The van der Waals surface area contributed by atoms with Gasteiger partial charge >= 0.3 is 0 Å². The summed E-state index contributed by atoms with van der Waals surface area (Å²) in [5, 5.41) is 10.6. The number of rotatable bonds is 5. The van der Waals surface area contributed by atoms with Crippen LogP contribution >= 0.6 is 0 Å². The Labute approximate surface area is 154 Å². The number of H-pyrrole nitrogens is 1. The number of nitrogens with one attached hydrogen (secondary N) is 2. The van der Waals surface area contributed by atoms with Crippen LogP contribution in [0.15, 0.2) is 54.4 Å². The second-order valence-corrected chi connectivity index (χ2v) is 6.02. The molecule has 4 rings (SSSR count). The Morgan fingerprint density at radius 1 is 1.33 bits per heavy atom. The number of fused-ring (bicyclic) bond motifs is 1. The largest absolute Gasteiger partial charge is 0.480 e. The van der Waals surface area contributed by atoms with Crippen LogP contribution in [0.4, 0.5) is 16.0 Å². The minimum atomic E-state index is -0.481. The lowest BCUT2D eigenvalue weighted by Crippen LogP contribution is -2.17. The molecule has 1 aliphatic rings. The summed E-state index contributed by atoms with van der Waals surface area (Å²) in [6, 6.07) is 9.05. The maximum Gasteiger partial charge on any atom is 0.234 e. The normalized spacial score (nSPS) is 16.2. The highest BCUT2D eigenvalue weighted by Crippen LogP contribution is 2.26. The first kappa shape index (κ1) is 16.9. The number of para-hydroxylation sites is 1. The van der Waals surface area contributed by atoms with Crippen molar-refractivity contribution in [2.75, 3.05) is 12.4 Å². The van der Waals surface area contributed by atoms with E-state index in [-0.39, 0.29) is 23.9 Å². The monoisotopic (exact) mass is 365 g/mol. The quantitative estimate of drug-likeness (QED) is 0.670. The molecule has 1 unspecified atom stereocenters. The molecule has 8 heteroatoms. The fraction of sp³-hybridized carbons (Fsp3) is 0.158. The first-order chi connectivity index (χ1) is 13.1. The van der Waals surface area contributed by atoms with Crippen LogP contribution in [0.2, 0.25) is 0 Å². The molecule has 1 aliphatic carbocycles. The van der Waals surface area contributed by atoms with Crippen molar-refractivity contribution in [1.82, 2.24) is 20.2 Å². The summed E-state index contributed by atoms with van der Waals surface area (Å²) in [5.41, 5.74) is 0.631. The molecular formula is C19H16FN5O2. The molecule has 1 aromatic carbocycles. The Bertz CT molecular complexity index is 1070. The van der Waals surface area contributed by atoms with Crippen molar-refractivity contribution in [3.63, 3.8) is 0 Å². The van der Waals surface area contributed by atoms with Crippen molar-refractivity contribution in [3.8, 4) is 5.88 Å². The van der Waals surface area contributed by atoms with Gasteiger partial charge in [0.25, 0.3) is 0 Å². The van der Waals surface area contributed by atoms with Crippen LogP contribution in [0, 0.1) is 5.92 Å². The summed E-state index contributed by atoms with van der Waals surface area (Å²) in [6.07, 6.45) is 4.52. The first-order valence-electron chi connectivity index (χ1n) is 8.35. The van der Waals surface area contributed by atoms with Gasteiger partial charge in [-0.15, -0.1) is 5.10 Å². The predicted octanol–water partition coefficient (Wildman–Crippen LogP) is 3.72. The number of aromatic amines is 1. The average Bonchev–Trinajstić information content (AvgIpc) is 3.15. The van der Waals surface area contributed by atoms with E-state index in [9.17, 15) is 9.18 Å². The maximum absolute atomic E-state index is 13.2. The zero-order valence-electron chi connectivity index (χ0n) is 14.4. The summed E-state index contributed by atoms with van der Waals surface area (Å²) < 4.78 is 18.2. The van der Waals surface area contributed by atoms with E-state index in [0.29, 0.717) is 23.0 Å². The van der Waals surface area contributed by atoms with Gasteiger partial charge in [-0.1, -0.05) is 18.2 Å². The Hall–Kier alpha value is -3.55. The second kappa shape index (κ2) is 6.99. The Kier molecular flexibility index (Phi) is 4.37. The van der Waals surface area contributed by atoms with Gasteiger partial charge in [-0.3, -0.25) is 9.89 Å². The van der Waals surface area contributed by atoms with Crippen molar-refractivity contribution in [1.29, 1.82) is 0 Å². The van der Waals surface area contributed by atoms with E-state index < -0.39 is 5.92 Å². The molecule has 7 nitrogen and oxygen atoms in total. The van der Waals surface area contributed by atoms with E-state index in [4.69, 9.17) is 4.74 Å². The zero-order valence-corrected chi connectivity index (χ0v) is 14.4. The van der Waals surface area contributed by atoms with Crippen LogP contribution in [0.3, 0.4) is 0 Å². The van der Waals surface area contributed by atoms with E-state index in [1.54, 1.807) is 12.1 Å². The molecule has 27 heavy (non-hydrogen) atoms. The lowest BCUT2D eigenvalue weighted by Gasteiger charge is -2.13. The van der Waals surface area contributed by atoms with Crippen molar-refractivity contribution in [3.05, 3.63) is 60.2 Å². The Morgan fingerprint density at radius 3 is 2.93 bits per heavy atom. The number of ether oxygens (including phenoxy) is 1. The molecule has 0 aliphatic heterocycles. The topological polar surface area (TPSA) is 92.8 Å². The van der Waals surface area contributed by atoms with E-state index in [1.165, 1.54) is 19.3 Å². The van der Waals surface area contributed by atoms with Gasteiger partial charge in [-0.25, -0.2) is 14.4 Å². The third-order valence-electron chi connectivity index (χ3n) is 4.23. The zero-order chi connectivity index (χ0) is 18.8. The molecule has 0 bridgehead atoms. The molecule has 1 atom stereocenters. The van der Waals surface area contributed by atoms with Crippen LogP contribution in [0.1, 0.15) is 17.0 Å². The molecule has 0 saturated heterocycles. The number of Topliss-reactive ketones (excluding diaryl/α,β-unsaturated/α-hetero) is 1. The summed E-state index contributed by atoms with van der Waals surface area (Å²) in [6.45, 7) is 0. The Balaban J connectivity index is 1.72. The van der Waals surface area contributed by atoms with Crippen molar-refractivity contribution < 1.29 is 13.9 Å². The van der Waals surface area contributed by atoms with Gasteiger partial charge in [0.2, 0.25) is 11.7 Å². The Morgan fingerprint density at radius 2 is 2.19 bits per heavy atom. The molecular weight excluding hydrogens is 349 g/mol. The first-order valence-corrected chi connectivity index (χ1v) is 8.35. The number of methoxy groups -OCH3 is 1. The summed E-state index contributed by atoms with van der Waals surface area (Å²) in [4.78, 5) is 21.6. The number of ketones is 1. The number of hydrogen-bond acceptors (Lipinski definition) is 6. The number of hydrogen-bond donors (Lipinski definition) is 2. The number of anilines is 2. The minimum Gasteiger partial charge on any atom is -0.480 e. The number of benzene rings is 1. The smallest absolute Gasteiger partial charge is 0.234 e. The van der Waals surface area contributed by atoms with E-state index in [2.05, 4.69) is 25.5 Å². The van der Waals surface area contributed by atoms with Gasteiger partial charge in [0.15, 0.2) is 5.82 Å². The fourth-order valence-electron chi connectivity index (χ4n) is 2.84.